The maximum Gasteiger partial charge on any atom is 0.251 e. The quantitative estimate of drug-likeness (QED) is 0.761. The van der Waals surface area contributed by atoms with Gasteiger partial charge in [0.1, 0.15) is 5.82 Å². The largest absolute Gasteiger partial charge is 0.345 e. The molecule has 0 unspecified atom stereocenters. The van der Waals surface area contributed by atoms with Gasteiger partial charge in [-0.1, -0.05) is 32.0 Å². The van der Waals surface area contributed by atoms with Crippen molar-refractivity contribution in [2.45, 2.75) is 43.7 Å². The summed E-state index contributed by atoms with van der Waals surface area (Å²) < 4.78 is 40.5. The van der Waals surface area contributed by atoms with Gasteiger partial charge in [-0.25, -0.2) is 17.5 Å². The van der Waals surface area contributed by atoms with E-state index in [0.29, 0.717) is 0 Å². The standard InChI is InChI=1S/C20H23FN2O3S/c1-13(2)19(14-6-8-16(21)9-7-14)22-20(24)15-4-3-5-18(12-15)27(25,26)23-17-10-11-17/h3-9,12-13,17,19,23H,10-11H2,1-2H3,(H,22,24)/t19-/m1/s1. The molecule has 2 aromatic rings. The lowest BCUT2D eigenvalue weighted by atomic mass is 9.95. The third kappa shape index (κ3) is 4.93. The van der Waals surface area contributed by atoms with Crippen molar-refractivity contribution in [2.24, 2.45) is 5.92 Å². The van der Waals surface area contributed by atoms with Crippen LogP contribution in [-0.4, -0.2) is 20.4 Å². The lowest BCUT2D eigenvalue weighted by Crippen LogP contribution is -2.32. The van der Waals surface area contributed by atoms with E-state index in [1.807, 2.05) is 13.8 Å². The van der Waals surface area contributed by atoms with Crippen LogP contribution in [0.5, 0.6) is 0 Å². The average Bonchev–Trinajstić information content (AvgIpc) is 3.43. The summed E-state index contributed by atoms with van der Waals surface area (Å²) in [7, 11) is -3.63. The molecule has 1 amide bonds. The number of hydrogen-bond donors (Lipinski definition) is 2. The molecule has 0 spiro atoms. The molecule has 0 saturated heterocycles. The smallest absolute Gasteiger partial charge is 0.251 e. The van der Waals surface area contributed by atoms with E-state index < -0.39 is 10.0 Å². The first-order valence-electron chi connectivity index (χ1n) is 8.95. The highest BCUT2D eigenvalue weighted by molar-refractivity contribution is 7.89. The highest BCUT2D eigenvalue weighted by atomic mass is 32.2. The zero-order chi connectivity index (χ0) is 19.6. The van der Waals surface area contributed by atoms with Crippen molar-refractivity contribution in [1.82, 2.24) is 10.0 Å². The van der Waals surface area contributed by atoms with Crippen LogP contribution >= 0.6 is 0 Å². The van der Waals surface area contributed by atoms with Crippen LogP contribution in [0.15, 0.2) is 53.4 Å². The van der Waals surface area contributed by atoms with Gasteiger partial charge in [0, 0.05) is 11.6 Å². The molecule has 1 saturated carbocycles. The lowest BCUT2D eigenvalue weighted by Gasteiger charge is -2.23. The summed E-state index contributed by atoms with van der Waals surface area (Å²) >= 11 is 0. The predicted octanol–water partition coefficient (Wildman–Crippen LogP) is 3.39. The number of hydrogen-bond acceptors (Lipinski definition) is 3. The van der Waals surface area contributed by atoms with E-state index in [2.05, 4.69) is 10.0 Å². The minimum atomic E-state index is -3.63. The molecule has 1 aliphatic rings. The van der Waals surface area contributed by atoms with Crippen molar-refractivity contribution in [3.05, 3.63) is 65.5 Å². The fraction of sp³-hybridized carbons (Fsp3) is 0.350. The minimum absolute atomic E-state index is 0.00344. The van der Waals surface area contributed by atoms with E-state index in [0.717, 1.165) is 18.4 Å². The molecule has 2 N–H and O–H groups in total. The first kappa shape index (κ1) is 19.5. The maximum atomic E-state index is 13.2. The molecular weight excluding hydrogens is 367 g/mol. The van der Waals surface area contributed by atoms with Gasteiger partial charge in [0.15, 0.2) is 0 Å². The van der Waals surface area contributed by atoms with E-state index in [-0.39, 0.29) is 40.2 Å². The number of benzene rings is 2. The van der Waals surface area contributed by atoms with Crippen molar-refractivity contribution in [3.8, 4) is 0 Å². The van der Waals surface area contributed by atoms with Crippen molar-refractivity contribution in [1.29, 1.82) is 0 Å². The van der Waals surface area contributed by atoms with Gasteiger partial charge in [-0.3, -0.25) is 4.79 Å². The molecule has 0 radical (unpaired) electrons. The van der Waals surface area contributed by atoms with Crippen molar-refractivity contribution in [3.63, 3.8) is 0 Å². The molecule has 5 nitrogen and oxygen atoms in total. The molecule has 1 atom stereocenters. The molecule has 7 heteroatoms. The number of sulfonamides is 1. The third-order valence-corrected chi connectivity index (χ3v) is 6.01. The van der Waals surface area contributed by atoms with Gasteiger partial charge in [0.2, 0.25) is 10.0 Å². The highest BCUT2D eigenvalue weighted by Crippen LogP contribution is 2.24. The third-order valence-electron chi connectivity index (χ3n) is 4.49. The second kappa shape index (κ2) is 7.78. The van der Waals surface area contributed by atoms with Crippen molar-refractivity contribution >= 4 is 15.9 Å². The first-order chi connectivity index (χ1) is 12.8. The van der Waals surface area contributed by atoms with Crippen molar-refractivity contribution < 1.29 is 17.6 Å². The Morgan fingerprint density at radius 3 is 2.37 bits per heavy atom. The number of rotatable bonds is 7. The Kier molecular flexibility index (Phi) is 5.62. The van der Waals surface area contributed by atoms with Crippen LogP contribution in [0, 0.1) is 11.7 Å². The van der Waals surface area contributed by atoms with Crippen LogP contribution in [0.25, 0.3) is 0 Å². The molecule has 0 aromatic heterocycles. The van der Waals surface area contributed by atoms with Gasteiger partial charge in [0.05, 0.1) is 10.9 Å². The summed E-state index contributed by atoms with van der Waals surface area (Å²) in [4.78, 5) is 12.8. The monoisotopic (exact) mass is 390 g/mol. The zero-order valence-electron chi connectivity index (χ0n) is 15.3. The topological polar surface area (TPSA) is 75.3 Å². The Labute approximate surface area is 159 Å². The van der Waals surface area contributed by atoms with E-state index >= 15 is 0 Å². The molecule has 0 aliphatic heterocycles. The molecule has 1 fully saturated rings. The van der Waals surface area contributed by atoms with E-state index in [1.54, 1.807) is 24.3 Å². The highest BCUT2D eigenvalue weighted by Gasteiger charge is 2.28. The summed E-state index contributed by atoms with van der Waals surface area (Å²) in [5, 5.41) is 2.92. The molecule has 0 heterocycles. The summed E-state index contributed by atoms with van der Waals surface area (Å²) in [6, 6.07) is 11.7. The van der Waals surface area contributed by atoms with Crippen LogP contribution < -0.4 is 10.0 Å². The van der Waals surface area contributed by atoms with Gasteiger partial charge in [-0.2, -0.15) is 0 Å². The lowest BCUT2D eigenvalue weighted by molar-refractivity contribution is 0.0925. The summed E-state index contributed by atoms with van der Waals surface area (Å²) in [6.45, 7) is 3.91. The van der Waals surface area contributed by atoms with Gasteiger partial charge >= 0.3 is 0 Å². The number of nitrogens with one attached hydrogen (secondary N) is 2. The van der Waals surface area contributed by atoms with E-state index in [4.69, 9.17) is 0 Å². The molecule has 27 heavy (non-hydrogen) atoms. The average molecular weight is 390 g/mol. The van der Waals surface area contributed by atoms with Gasteiger partial charge in [0.25, 0.3) is 5.91 Å². The van der Waals surface area contributed by atoms with Gasteiger partial charge < -0.3 is 5.32 Å². The predicted molar refractivity (Wildman–Crippen MR) is 101 cm³/mol. The van der Waals surface area contributed by atoms with Crippen LogP contribution in [0.2, 0.25) is 0 Å². The molecular formula is C20H23FN2O3S. The summed E-state index contributed by atoms with van der Waals surface area (Å²) in [5.74, 6) is -0.641. The Morgan fingerprint density at radius 2 is 1.78 bits per heavy atom. The second-order valence-electron chi connectivity index (χ2n) is 7.17. The SMILES string of the molecule is CC(C)[C@@H](NC(=O)c1cccc(S(=O)(=O)NC2CC2)c1)c1ccc(F)cc1. The zero-order valence-corrected chi connectivity index (χ0v) is 16.1. The molecule has 1 aliphatic carbocycles. The van der Waals surface area contributed by atoms with Gasteiger partial charge in [-0.15, -0.1) is 0 Å². The first-order valence-corrected chi connectivity index (χ1v) is 10.4. The number of amides is 1. The van der Waals surface area contributed by atoms with Crippen LogP contribution in [0.4, 0.5) is 4.39 Å². The molecule has 3 rings (SSSR count). The van der Waals surface area contributed by atoms with Crippen LogP contribution in [0.3, 0.4) is 0 Å². The van der Waals surface area contributed by atoms with Crippen LogP contribution in [0.1, 0.15) is 48.7 Å². The Morgan fingerprint density at radius 1 is 1.11 bits per heavy atom. The Balaban J connectivity index is 1.80. The molecule has 2 aromatic carbocycles. The van der Waals surface area contributed by atoms with E-state index in [9.17, 15) is 17.6 Å². The summed E-state index contributed by atoms with van der Waals surface area (Å²) in [6.07, 6.45) is 1.68. The van der Waals surface area contributed by atoms with E-state index in [1.165, 1.54) is 24.3 Å². The fourth-order valence-electron chi connectivity index (χ4n) is 2.82. The number of carbonyl (C=O) groups is 1. The second-order valence-corrected chi connectivity index (χ2v) is 8.88. The van der Waals surface area contributed by atoms with Gasteiger partial charge in [-0.05, 0) is 54.7 Å². The summed E-state index contributed by atoms with van der Waals surface area (Å²) in [5.41, 5.74) is 1.06. The van der Waals surface area contributed by atoms with Crippen molar-refractivity contribution in [2.75, 3.05) is 0 Å². The molecule has 144 valence electrons. The maximum absolute atomic E-state index is 13.2. The van der Waals surface area contributed by atoms with Crippen LogP contribution in [-0.2, 0) is 10.0 Å². The Hall–Kier alpha value is -2.25. The normalized spacial score (nSPS) is 15.6. The fourth-order valence-corrected chi connectivity index (χ4v) is 4.17. The minimum Gasteiger partial charge on any atom is -0.345 e. The Bertz CT molecular complexity index is 922. The molecule has 0 bridgehead atoms. The number of halogens is 1. The number of carbonyl (C=O) groups excluding carboxylic acids is 1.